The second kappa shape index (κ2) is 8.61. The zero-order valence-electron chi connectivity index (χ0n) is 18.4. The molecule has 0 bridgehead atoms. The van der Waals surface area contributed by atoms with Crippen molar-refractivity contribution in [2.45, 2.75) is 6.04 Å². The molecule has 10 heteroatoms. The summed E-state index contributed by atoms with van der Waals surface area (Å²) in [7, 11) is 0. The number of carbonyl (C=O) groups is 2. The van der Waals surface area contributed by atoms with Crippen LogP contribution in [0.15, 0.2) is 66.2 Å². The molecular formula is C26H16ClFN2O5S. The lowest BCUT2D eigenvalue weighted by atomic mass is 9.95. The molecule has 0 unspecified atom stereocenters. The van der Waals surface area contributed by atoms with Gasteiger partial charge < -0.3 is 14.6 Å². The van der Waals surface area contributed by atoms with E-state index in [0.29, 0.717) is 40.0 Å². The maximum atomic E-state index is 15.1. The van der Waals surface area contributed by atoms with Crippen molar-refractivity contribution in [2.24, 2.45) is 0 Å². The van der Waals surface area contributed by atoms with Crippen LogP contribution in [0.3, 0.4) is 0 Å². The van der Waals surface area contributed by atoms with Gasteiger partial charge in [0.2, 0.25) is 0 Å². The van der Waals surface area contributed by atoms with Crippen LogP contribution in [-0.4, -0.2) is 35.0 Å². The first-order chi connectivity index (χ1) is 17.4. The van der Waals surface area contributed by atoms with Gasteiger partial charge in [0.25, 0.3) is 5.78 Å². The highest BCUT2D eigenvalue weighted by Gasteiger charge is 2.49. The fourth-order valence-electron chi connectivity index (χ4n) is 4.36. The van der Waals surface area contributed by atoms with Gasteiger partial charge in [-0.2, -0.15) is 0 Å². The maximum absolute atomic E-state index is 15.1. The summed E-state index contributed by atoms with van der Waals surface area (Å²) in [6.07, 6.45) is 0. The molecule has 6 rings (SSSR count). The SMILES string of the molecule is O=C1C(=O)N(c2nc3ccc(Cl)cc3s2)[C@@H](c2ccccc2F)/C1=C(\O)c1ccc2c(c1)OCCO2. The number of anilines is 1. The van der Waals surface area contributed by atoms with E-state index < -0.39 is 29.3 Å². The van der Waals surface area contributed by atoms with E-state index in [9.17, 15) is 14.7 Å². The minimum Gasteiger partial charge on any atom is -0.507 e. The van der Waals surface area contributed by atoms with Crippen molar-refractivity contribution in [3.05, 3.63) is 88.2 Å². The fourth-order valence-corrected chi connectivity index (χ4v) is 5.62. The number of ether oxygens (including phenoxy) is 2. The number of rotatable bonds is 3. The number of thiazole rings is 1. The van der Waals surface area contributed by atoms with Crippen molar-refractivity contribution < 1.29 is 28.6 Å². The molecule has 3 heterocycles. The van der Waals surface area contributed by atoms with Gasteiger partial charge in [0.15, 0.2) is 16.6 Å². The number of halogens is 2. The van der Waals surface area contributed by atoms with Crippen LogP contribution in [0.5, 0.6) is 11.5 Å². The van der Waals surface area contributed by atoms with Crippen molar-refractivity contribution in [3.63, 3.8) is 0 Å². The number of aromatic nitrogens is 1. The molecule has 4 aromatic rings. The first-order valence-electron chi connectivity index (χ1n) is 10.9. The van der Waals surface area contributed by atoms with Gasteiger partial charge in [-0.25, -0.2) is 9.37 Å². The summed E-state index contributed by atoms with van der Waals surface area (Å²) in [6, 6.07) is 14.3. The van der Waals surface area contributed by atoms with Crippen LogP contribution in [0.4, 0.5) is 9.52 Å². The zero-order valence-corrected chi connectivity index (χ0v) is 20.0. The Hall–Kier alpha value is -3.95. The number of amides is 1. The number of aliphatic hydroxyl groups excluding tert-OH is 1. The average molecular weight is 523 g/mol. The topological polar surface area (TPSA) is 89.0 Å². The van der Waals surface area contributed by atoms with Crippen molar-refractivity contribution >= 4 is 55.7 Å². The van der Waals surface area contributed by atoms with Crippen LogP contribution in [0, 0.1) is 5.82 Å². The van der Waals surface area contributed by atoms with Crippen molar-refractivity contribution in [1.82, 2.24) is 4.98 Å². The predicted molar refractivity (Wildman–Crippen MR) is 133 cm³/mol. The molecule has 1 fully saturated rings. The number of Topliss-reactive ketones (excluding diaryl/α,β-unsaturated/α-hetero) is 1. The van der Waals surface area contributed by atoms with Crippen LogP contribution >= 0.6 is 22.9 Å². The van der Waals surface area contributed by atoms with Gasteiger partial charge in [0.05, 0.1) is 15.8 Å². The van der Waals surface area contributed by atoms with E-state index in [4.69, 9.17) is 21.1 Å². The first kappa shape index (κ1) is 22.5. The Balaban J connectivity index is 1.55. The van der Waals surface area contributed by atoms with Gasteiger partial charge in [-0.1, -0.05) is 41.1 Å². The highest BCUT2D eigenvalue weighted by atomic mass is 35.5. The number of ketones is 1. The minimum absolute atomic E-state index is 0.0491. The molecule has 0 saturated carbocycles. The quantitative estimate of drug-likeness (QED) is 0.217. The zero-order chi connectivity index (χ0) is 25.0. The number of benzene rings is 3. The van der Waals surface area contributed by atoms with E-state index in [-0.39, 0.29) is 21.8 Å². The standard InChI is InChI=1S/C26H16ClFN2O5S/c27-14-6-7-17-20(12-14)36-26(29-17)30-22(15-3-1-2-4-16(15)28)21(24(32)25(30)33)23(31)13-5-8-18-19(11-13)35-10-9-34-18/h1-8,11-12,22,31H,9-10H2/b23-21+/t22-/m0/s1. The molecule has 180 valence electrons. The van der Waals surface area contributed by atoms with E-state index in [2.05, 4.69) is 4.98 Å². The smallest absolute Gasteiger partial charge is 0.301 e. The number of nitrogens with zero attached hydrogens (tertiary/aromatic N) is 2. The van der Waals surface area contributed by atoms with E-state index in [0.717, 1.165) is 16.2 Å². The Morgan fingerprint density at radius 2 is 1.83 bits per heavy atom. The summed E-state index contributed by atoms with van der Waals surface area (Å²) in [5, 5.41) is 12.0. The Morgan fingerprint density at radius 3 is 2.64 bits per heavy atom. The number of hydrogen-bond donors (Lipinski definition) is 1. The summed E-state index contributed by atoms with van der Waals surface area (Å²) in [6.45, 7) is 0.725. The lowest BCUT2D eigenvalue weighted by Crippen LogP contribution is -2.29. The number of carbonyl (C=O) groups excluding carboxylic acids is 2. The molecule has 0 spiro atoms. The Bertz CT molecular complexity index is 1600. The molecule has 36 heavy (non-hydrogen) atoms. The predicted octanol–water partition coefficient (Wildman–Crippen LogP) is 5.49. The highest BCUT2D eigenvalue weighted by molar-refractivity contribution is 7.22. The van der Waals surface area contributed by atoms with Gasteiger partial charge in [-0.3, -0.25) is 14.5 Å². The van der Waals surface area contributed by atoms with Crippen LogP contribution in [0.2, 0.25) is 5.02 Å². The molecule has 0 radical (unpaired) electrons. The van der Waals surface area contributed by atoms with Crippen LogP contribution < -0.4 is 14.4 Å². The summed E-state index contributed by atoms with van der Waals surface area (Å²) >= 11 is 7.24. The molecule has 1 aromatic heterocycles. The Morgan fingerprint density at radius 1 is 1.06 bits per heavy atom. The summed E-state index contributed by atoms with van der Waals surface area (Å²) in [5.74, 6) is -2.07. The van der Waals surface area contributed by atoms with E-state index >= 15 is 4.39 Å². The molecule has 2 aliphatic heterocycles. The van der Waals surface area contributed by atoms with Gasteiger partial charge in [0, 0.05) is 16.1 Å². The van der Waals surface area contributed by atoms with Crippen LogP contribution in [0.25, 0.3) is 16.0 Å². The lowest BCUT2D eigenvalue weighted by molar-refractivity contribution is -0.132. The second-order valence-electron chi connectivity index (χ2n) is 8.16. The molecular weight excluding hydrogens is 507 g/mol. The van der Waals surface area contributed by atoms with Crippen molar-refractivity contribution in [3.8, 4) is 11.5 Å². The molecule has 3 aromatic carbocycles. The summed E-state index contributed by atoms with van der Waals surface area (Å²) < 4.78 is 26.9. The minimum atomic E-state index is -1.24. The fraction of sp³-hybridized carbons (Fsp3) is 0.115. The van der Waals surface area contributed by atoms with E-state index in [1.165, 1.54) is 24.3 Å². The second-order valence-corrected chi connectivity index (χ2v) is 9.60. The third-order valence-corrected chi connectivity index (χ3v) is 7.26. The lowest BCUT2D eigenvalue weighted by Gasteiger charge is -2.23. The summed E-state index contributed by atoms with van der Waals surface area (Å²) in [5.41, 5.74) is 0.599. The maximum Gasteiger partial charge on any atom is 0.301 e. The number of fused-ring (bicyclic) bond motifs is 2. The molecule has 1 saturated heterocycles. The average Bonchev–Trinajstić information content (AvgIpc) is 3.41. The number of hydrogen-bond acceptors (Lipinski definition) is 7. The van der Waals surface area contributed by atoms with Gasteiger partial charge >= 0.3 is 5.91 Å². The summed E-state index contributed by atoms with van der Waals surface area (Å²) in [4.78, 5) is 32.3. The molecule has 0 aliphatic carbocycles. The number of aliphatic hydroxyl groups is 1. The van der Waals surface area contributed by atoms with E-state index in [1.54, 1.807) is 36.4 Å². The Kier molecular flexibility index (Phi) is 5.39. The Labute approximate surface area is 213 Å². The van der Waals surface area contributed by atoms with Gasteiger partial charge in [-0.05, 0) is 42.5 Å². The normalized spacial score (nSPS) is 18.7. The largest absolute Gasteiger partial charge is 0.507 e. The van der Waals surface area contributed by atoms with E-state index in [1.807, 2.05) is 0 Å². The monoisotopic (exact) mass is 522 g/mol. The third-order valence-electron chi connectivity index (χ3n) is 6.01. The van der Waals surface area contributed by atoms with Crippen LogP contribution in [-0.2, 0) is 9.59 Å². The molecule has 2 aliphatic rings. The third kappa shape index (κ3) is 3.59. The molecule has 1 N–H and O–H groups in total. The molecule has 1 atom stereocenters. The van der Waals surface area contributed by atoms with Gasteiger partial charge in [0.1, 0.15) is 30.8 Å². The highest BCUT2D eigenvalue weighted by Crippen LogP contribution is 2.45. The van der Waals surface area contributed by atoms with Crippen LogP contribution in [0.1, 0.15) is 17.2 Å². The molecule has 1 amide bonds. The first-order valence-corrected chi connectivity index (χ1v) is 12.1. The van der Waals surface area contributed by atoms with Crippen molar-refractivity contribution in [1.29, 1.82) is 0 Å². The molecule has 7 nitrogen and oxygen atoms in total. The van der Waals surface area contributed by atoms with Gasteiger partial charge in [-0.15, -0.1) is 0 Å². The van der Waals surface area contributed by atoms with Crippen molar-refractivity contribution in [2.75, 3.05) is 18.1 Å².